The van der Waals surface area contributed by atoms with E-state index in [1.807, 2.05) is 6.92 Å². The Morgan fingerprint density at radius 3 is 1.92 bits per heavy atom. The molecule has 1 aliphatic rings. The van der Waals surface area contributed by atoms with E-state index in [0.29, 0.717) is 19.3 Å². The predicted molar refractivity (Wildman–Crippen MR) is 155 cm³/mol. The van der Waals surface area contributed by atoms with Gasteiger partial charge < -0.3 is 13.6 Å². The quantitative estimate of drug-likeness (QED) is 0.0710. The third kappa shape index (κ3) is 9.12. The third-order valence-electron chi connectivity index (χ3n) is 8.49. The van der Waals surface area contributed by atoms with Crippen LogP contribution in [0.1, 0.15) is 107 Å². The first kappa shape index (κ1) is 33.1. The number of allylic oxidation sites excluding steroid dienone is 1. The van der Waals surface area contributed by atoms with Crippen molar-refractivity contribution in [3.8, 4) is 0 Å². The van der Waals surface area contributed by atoms with Gasteiger partial charge in [-0.3, -0.25) is 9.59 Å². The predicted octanol–water partition coefficient (Wildman–Crippen LogP) is 8.55. The van der Waals surface area contributed by atoms with E-state index >= 15 is 0 Å². The number of hydrogen-bond acceptors (Lipinski definition) is 5. The molecule has 3 unspecified atom stereocenters. The van der Waals surface area contributed by atoms with E-state index in [4.69, 9.17) is 13.6 Å². The molecule has 0 radical (unpaired) electrons. The van der Waals surface area contributed by atoms with Crippen LogP contribution in [-0.2, 0) is 23.2 Å². The molecular formula is C29H56O5Si2. The number of unbranched alkanes of at least 4 members (excludes halogenated alkanes) is 4. The van der Waals surface area contributed by atoms with Gasteiger partial charge in [-0.15, -0.1) is 0 Å². The van der Waals surface area contributed by atoms with Crippen LogP contribution in [0, 0.1) is 5.92 Å². The summed E-state index contributed by atoms with van der Waals surface area (Å²) in [6.07, 6.45) is 8.12. The number of carbonyl (C=O) groups is 2. The zero-order valence-electron chi connectivity index (χ0n) is 24.8. The molecule has 36 heavy (non-hydrogen) atoms. The Hall–Kier alpha value is -0.926. The fraction of sp³-hybridized carbons (Fsp3) is 0.862. The lowest BCUT2D eigenvalue weighted by Gasteiger charge is -2.38. The second-order valence-corrected chi connectivity index (χ2v) is 20.0. The summed E-state index contributed by atoms with van der Waals surface area (Å²) in [5.41, 5.74) is 0. The summed E-state index contributed by atoms with van der Waals surface area (Å²) in [5, 5.41) is 0. The van der Waals surface area contributed by atoms with Crippen LogP contribution in [0.5, 0.6) is 0 Å². The summed E-state index contributed by atoms with van der Waals surface area (Å²) < 4.78 is 19.9. The van der Waals surface area contributed by atoms with E-state index in [-0.39, 0.29) is 23.8 Å². The second kappa shape index (κ2) is 16.8. The van der Waals surface area contributed by atoms with E-state index in [9.17, 15) is 9.59 Å². The van der Waals surface area contributed by atoms with Crippen LogP contribution in [0.4, 0.5) is 0 Å². The lowest BCUT2D eigenvalue weighted by molar-refractivity contribution is -0.156. The minimum absolute atomic E-state index is 0.0158. The Bertz CT molecular complexity index is 669. The van der Waals surface area contributed by atoms with Gasteiger partial charge in [0.15, 0.2) is 20.2 Å². The summed E-state index contributed by atoms with van der Waals surface area (Å²) in [7, 11) is -3.99. The molecule has 0 aromatic rings. The molecule has 0 aliphatic heterocycles. The number of carbonyl (C=O) groups excluding carboxylic acids is 2. The average molecular weight is 541 g/mol. The Morgan fingerprint density at radius 2 is 1.42 bits per heavy atom. The van der Waals surface area contributed by atoms with Crippen molar-refractivity contribution in [3.63, 3.8) is 0 Å². The van der Waals surface area contributed by atoms with Crippen molar-refractivity contribution >= 4 is 28.4 Å². The van der Waals surface area contributed by atoms with Gasteiger partial charge in [0.2, 0.25) is 8.32 Å². The van der Waals surface area contributed by atoms with Gasteiger partial charge in [0.25, 0.3) is 0 Å². The molecule has 0 saturated heterocycles. The molecule has 1 fully saturated rings. The molecule has 210 valence electrons. The highest BCUT2D eigenvalue weighted by Gasteiger charge is 2.51. The van der Waals surface area contributed by atoms with Gasteiger partial charge in [0.05, 0.1) is 17.8 Å². The zero-order chi connectivity index (χ0) is 27.2. The number of ketones is 1. The summed E-state index contributed by atoms with van der Waals surface area (Å²) in [6, 6.07) is 6.14. The molecule has 1 saturated carbocycles. The van der Waals surface area contributed by atoms with E-state index in [2.05, 4.69) is 54.5 Å². The van der Waals surface area contributed by atoms with Crippen LogP contribution in [-0.4, -0.2) is 40.6 Å². The van der Waals surface area contributed by atoms with Crippen LogP contribution < -0.4 is 0 Å². The Labute approximate surface area is 224 Å². The first-order valence-electron chi connectivity index (χ1n) is 15.0. The van der Waals surface area contributed by atoms with Crippen molar-refractivity contribution in [1.82, 2.24) is 0 Å². The monoisotopic (exact) mass is 540 g/mol. The molecule has 0 aromatic heterocycles. The van der Waals surface area contributed by atoms with Crippen molar-refractivity contribution in [2.24, 2.45) is 5.92 Å². The number of rotatable bonds is 19. The number of ether oxygens (including phenoxy) is 1. The van der Waals surface area contributed by atoms with Gasteiger partial charge in [-0.2, -0.15) is 0 Å². The van der Waals surface area contributed by atoms with Crippen molar-refractivity contribution in [1.29, 1.82) is 0 Å². The number of esters is 1. The molecule has 0 heterocycles. The molecular weight excluding hydrogens is 484 g/mol. The van der Waals surface area contributed by atoms with Gasteiger partial charge in [0, 0.05) is 12.8 Å². The summed E-state index contributed by atoms with van der Waals surface area (Å²) >= 11 is 0. The summed E-state index contributed by atoms with van der Waals surface area (Å²) in [6.45, 7) is 17.5. The SMILES string of the molecule is CCCCCC/C=C(/O[Si](CC)(CC)CC)C1C(O[Si](CC)(CC)CC)CC(=O)C1OC(=O)CCC. The second-order valence-electron chi connectivity index (χ2n) is 10.6. The fourth-order valence-corrected chi connectivity index (χ4v) is 11.0. The average Bonchev–Trinajstić information content (AvgIpc) is 3.18. The highest BCUT2D eigenvalue weighted by atomic mass is 28.4. The molecule has 0 amide bonds. The van der Waals surface area contributed by atoms with Gasteiger partial charge in [0.1, 0.15) is 0 Å². The first-order chi connectivity index (χ1) is 17.2. The third-order valence-corrected chi connectivity index (χ3v) is 17.7. The molecule has 0 bridgehead atoms. The number of Topliss-reactive ketones (excluding diaryl/α,β-unsaturated/α-hetero) is 1. The Kier molecular flexibility index (Phi) is 15.5. The van der Waals surface area contributed by atoms with Crippen LogP contribution in [0.15, 0.2) is 11.8 Å². The minimum atomic E-state index is -2.01. The first-order valence-corrected chi connectivity index (χ1v) is 20.1. The van der Waals surface area contributed by atoms with E-state index in [1.165, 1.54) is 19.3 Å². The molecule has 5 nitrogen and oxygen atoms in total. The van der Waals surface area contributed by atoms with Crippen molar-refractivity contribution < 1.29 is 23.2 Å². The topological polar surface area (TPSA) is 61.8 Å². The van der Waals surface area contributed by atoms with E-state index < -0.39 is 22.7 Å². The Morgan fingerprint density at radius 1 is 0.833 bits per heavy atom. The lowest BCUT2D eigenvalue weighted by atomic mass is 9.99. The van der Waals surface area contributed by atoms with Crippen LogP contribution in [0.2, 0.25) is 36.3 Å². The van der Waals surface area contributed by atoms with Gasteiger partial charge in [-0.05, 0) is 61.6 Å². The molecule has 3 atom stereocenters. The molecule has 1 rings (SSSR count). The minimum Gasteiger partial charge on any atom is -0.546 e. The van der Waals surface area contributed by atoms with Gasteiger partial charge in [-0.25, -0.2) is 0 Å². The maximum absolute atomic E-state index is 13.4. The van der Waals surface area contributed by atoms with Gasteiger partial charge in [-0.1, -0.05) is 74.7 Å². The Balaban J connectivity index is 3.50. The standard InChI is InChI=1S/C29H56O5Si2/c1-9-17-18-19-20-22-25(33-35(11-3,12-4)13-5)28-26(34-36(14-6,15-7)16-8)23-24(30)29(28)32-27(31)21-10-2/h22,26,28-29H,9-21,23H2,1-8H3/b25-22+. The van der Waals surface area contributed by atoms with Gasteiger partial charge >= 0.3 is 5.97 Å². The molecule has 7 heteroatoms. The molecule has 0 spiro atoms. The lowest BCUT2D eigenvalue weighted by Crippen LogP contribution is -2.45. The largest absolute Gasteiger partial charge is 0.546 e. The molecule has 0 N–H and O–H groups in total. The smallest absolute Gasteiger partial charge is 0.306 e. The normalized spacial score (nSPS) is 21.2. The van der Waals surface area contributed by atoms with Crippen LogP contribution in [0.3, 0.4) is 0 Å². The highest BCUT2D eigenvalue weighted by molar-refractivity contribution is 6.74. The molecule has 1 aliphatic carbocycles. The van der Waals surface area contributed by atoms with E-state index in [0.717, 1.165) is 54.9 Å². The fourth-order valence-electron chi connectivity index (χ4n) is 5.43. The zero-order valence-corrected chi connectivity index (χ0v) is 26.8. The maximum atomic E-state index is 13.4. The maximum Gasteiger partial charge on any atom is 0.306 e. The highest BCUT2D eigenvalue weighted by Crippen LogP contribution is 2.41. The van der Waals surface area contributed by atoms with Crippen LogP contribution in [0.25, 0.3) is 0 Å². The van der Waals surface area contributed by atoms with Crippen molar-refractivity contribution in [2.45, 2.75) is 155 Å². The molecule has 0 aromatic carbocycles. The van der Waals surface area contributed by atoms with Crippen molar-refractivity contribution in [2.75, 3.05) is 0 Å². The van der Waals surface area contributed by atoms with E-state index in [1.54, 1.807) is 0 Å². The van der Waals surface area contributed by atoms with Crippen LogP contribution >= 0.6 is 0 Å². The summed E-state index contributed by atoms with van der Waals surface area (Å²) in [5.74, 6) is 0.231. The summed E-state index contributed by atoms with van der Waals surface area (Å²) in [4.78, 5) is 26.0. The number of hydrogen-bond donors (Lipinski definition) is 0. The van der Waals surface area contributed by atoms with Crippen molar-refractivity contribution in [3.05, 3.63) is 11.8 Å².